The van der Waals surface area contributed by atoms with E-state index in [0.29, 0.717) is 31.1 Å². The zero-order valence-corrected chi connectivity index (χ0v) is 16.8. The number of nitrogens with zero attached hydrogens (tertiary/aromatic N) is 2. The lowest BCUT2D eigenvalue weighted by molar-refractivity contribution is 0.0990. The summed E-state index contributed by atoms with van der Waals surface area (Å²) in [5.41, 5.74) is 5.00. The number of aryl methyl sites for hydroxylation is 1. The zero-order valence-electron chi connectivity index (χ0n) is 16.8. The van der Waals surface area contributed by atoms with Crippen LogP contribution in [0.25, 0.3) is 0 Å². The van der Waals surface area contributed by atoms with E-state index in [2.05, 4.69) is 22.4 Å². The van der Waals surface area contributed by atoms with Crippen LogP contribution in [0.5, 0.6) is 5.75 Å². The molecule has 0 saturated heterocycles. The molecular weight excluding hydrogens is 362 g/mol. The molecule has 3 aromatic rings. The number of amides is 1. The number of para-hydroxylation sites is 1. The Bertz CT molecular complexity index is 1030. The Morgan fingerprint density at radius 2 is 2.03 bits per heavy atom. The van der Waals surface area contributed by atoms with E-state index in [9.17, 15) is 4.79 Å². The van der Waals surface area contributed by atoms with Gasteiger partial charge in [-0.05, 0) is 61.2 Å². The van der Waals surface area contributed by atoms with E-state index in [1.54, 1.807) is 12.3 Å². The van der Waals surface area contributed by atoms with Gasteiger partial charge in [-0.3, -0.25) is 4.79 Å². The summed E-state index contributed by atoms with van der Waals surface area (Å²) in [6.45, 7) is 5.95. The Hall–Kier alpha value is -3.34. The average Bonchev–Trinajstić information content (AvgIpc) is 3.18. The molecule has 0 spiro atoms. The van der Waals surface area contributed by atoms with Crippen LogP contribution in [0.1, 0.15) is 34.0 Å². The van der Waals surface area contributed by atoms with Gasteiger partial charge < -0.3 is 15.0 Å². The van der Waals surface area contributed by atoms with Gasteiger partial charge >= 0.3 is 0 Å². The van der Waals surface area contributed by atoms with Crippen LogP contribution in [-0.4, -0.2) is 24.0 Å². The first-order valence-corrected chi connectivity index (χ1v) is 9.98. The van der Waals surface area contributed by atoms with Crippen molar-refractivity contribution in [1.29, 1.82) is 0 Å². The number of nitrogens with one attached hydrogen (secondary N) is 1. The molecule has 4 rings (SSSR count). The fraction of sp³-hybridized carbons (Fsp3) is 0.250. The Morgan fingerprint density at radius 3 is 2.86 bits per heavy atom. The predicted octanol–water partition coefficient (Wildman–Crippen LogP) is 4.60. The summed E-state index contributed by atoms with van der Waals surface area (Å²) in [4.78, 5) is 19.5. The van der Waals surface area contributed by atoms with Gasteiger partial charge in [0.15, 0.2) is 0 Å². The molecule has 148 valence electrons. The van der Waals surface area contributed by atoms with E-state index in [-0.39, 0.29) is 5.91 Å². The van der Waals surface area contributed by atoms with E-state index in [1.807, 2.05) is 55.1 Å². The smallest absolute Gasteiger partial charge is 0.262 e. The second-order valence-corrected chi connectivity index (χ2v) is 7.12. The van der Waals surface area contributed by atoms with E-state index >= 15 is 0 Å². The second kappa shape index (κ2) is 8.35. The van der Waals surface area contributed by atoms with Gasteiger partial charge in [0.2, 0.25) is 0 Å². The number of anilines is 2. The molecule has 0 saturated carbocycles. The number of pyridine rings is 1. The molecule has 0 aliphatic carbocycles. The van der Waals surface area contributed by atoms with E-state index < -0.39 is 0 Å². The first-order chi connectivity index (χ1) is 14.2. The van der Waals surface area contributed by atoms with Crippen molar-refractivity contribution < 1.29 is 9.53 Å². The van der Waals surface area contributed by atoms with Crippen molar-refractivity contribution in [2.45, 2.75) is 26.8 Å². The van der Waals surface area contributed by atoms with E-state index in [0.717, 1.165) is 29.0 Å². The summed E-state index contributed by atoms with van der Waals surface area (Å²) in [6.07, 6.45) is 2.59. The van der Waals surface area contributed by atoms with Gasteiger partial charge in [-0.1, -0.05) is 30.3 Å². The Kier molecular flexibility index (Phi) is 5.47. The third-order valence-corrected chi connectivity index (χ3v) is 5.17. The van der Waals surface area contributed by atoms with Crippen LogP contribution in [0, 0.1) is 6.92 Å². The number of carbonyl (C=O) groups is 1. The third kappa shape index (κ3) is 3.94. The number of hydrogen-bond acceptors (Lipinski definition) is 4. The van der Waals surface area contributed by atoms with Gasteiger partial charge in [-0.2, -0.15) is 0 Å². The molecule has 0 fully saturated rings. The lowest BCUT2D eigenvalue weighted by atomic mass is 10.1. The Labute approximate surface area is 171 Å². The van der Waals surface area contributed by atoms with Crippen LogP contribution in [0.2, 0.25) is 0 Å². The number of ether oxygens (including phenoxy) is 1. The molecule has 0 unspecified atom stereocenters. The Balaban J connectivity index is 1.52. The molecule has 2 heterocycles. The number of hydrogen-bond donors (Lipinski definition) is 1. The molecule has 1 N–H and O–H groups in total. The van der Waals surface area contributed by atoms with Crippen LogP contribution in [-0.2, 0) is 13.0 Å². The molecule has 1 aliphatic rings. The quantitative estimate of drug-likeness (QED) is 0.671. The summed E-state index contributed by atoms with van der Waals surface area (Å²) < 4.78 is 5.61. The molecule has 5 heteroatoms. The van der Waals surface area contributed by atoms with Gasteiger partial charge in [-0.15, -0.1) is 0 Å². The number of rotatable bonds is 6. The SMILES string of the molecule is CCOc1ccc(CNc2ncccc2C(=O)N2CCc3ccccc32)cc1C. The van der Waals surface area contributed by atoms with Crippen LogP contribution in [0.3, 0.4) is 0 Å². The topological polar surface area (TPSA) is 54.5 Å². The van der Waals surface area contributed by atoms with Crippen molar-refractivity contribution >= 4 is 17.4 Å². The zero-order chi connectivity index (χ0) is 20.2. The van der Waals surface area contributed by atoms with Crippen molar-refractivity contribution in [2.75, 3.05) is 23.4 Å². The normalized spacial score (nSPS) is 12.6. The highest BCUT2D eigenvalue weighted by molar-refractivity contribution is 6.10. The number of aromatic nitrogens is 1. The van der Waals surface area contributed by atoms with Gasteiger partial charge in [-0.25, -0.2) is 4.98 Å². The highest BCUT2D eigenvalue weighted by Crippen LogP contribution is 2.30. The monoisotopic (exact) mass is 387 g/mol. The van der Waals surface area contributed by atoms with Crippen LogP contribution >= 0.6 is 0 Å². The van der Waals surface area contributed by atoms with Gasteiger partial charge in [0.1, 0.15) is 11.6 Å². The largest absolute Gasteiger partial charge is 0.494 e. The van der Waals surface area contributed by atoms with Gasteiger partial charge in [0.25, 0.3) is 5.91 Å². The summed E-state index contributed by atoms with van der Waals surface area (Å²) in [5.74, 6) is 1.49. The first-order valence-electron chi connectivity index (χ1n) is 9.98. The van der Waals surface area contributed by atoms with E-state index in [1.165, 1.54) is 5.56 Å². The summed E-state index contributed by atoms with van der Waals surface area (Å²) in [5, 5.41) is 3.34. The van der Waals surface area contributed by atoms with Crippen molar-refractivity contribution in [3.05, 3.63) is 83.0 Å². The van der Waals surface area contributed by atoms with Crippen molar-refractivity contribution in [1.82, 2.24) is 4.98 Å². The molecule has 0 bridgehead atoms. The van der Waals surface area contributed by atoms with Crippen molar-refractivity contribution in [2.24, 2.45) is 0 Å². The van der Waals surface area contributed by atoms with Crippen molar-refractivity contribution in [3.63, 3.8) is 0 Å². The number of carbonyl (C=O) groups excluding carboxylic acids is 1. The maximum Gasteiger partial charge on any atom is 0.262 e. The molecule has 0 radical (unpaired) electrons. The van der Waals surface area contributed by atoms with E-state index in [4.69, 9.17) is 4.74 Å². The van der Waals surface area contributed by atoms with Crippen molar-refractivity contribution in [3.8, 4) is 5.75 Å². The molecule has 5 nitrogen and oxygen atoms in total. The van der Waals surface area contributed by atoms with Gasteiger partial charge in [0.05, 0.1) is 12.2 Å². The van der Waals surface area contributed by atoms with Crippen LogP contribution in [0.15, 0.2) is 60.8 Å². The highest BCUT2D eigenvalue weighted by atomic mass is 16.5. The maximum atomic E-state index is 13.2. The Morgan fingerprint density at radius 1 is 1.17 bits per heavy atom. The lowest BCUT2D eigenvalue weighted by Gasteiger charge is -2.19. The fourth-order valence-corrected chi connectivity index (χ4v) is 3.74. The average molecular weight is 387 g/mol. The minimum Gasteiger partial charge on any atom is -0.494 e. The number of benzene rings is 2. The van der Waals surface area contributed by atoms with Crippen LogP contribution in [0.4, 0.5) is 11.5 Å². The minimum atomic E-state index is -0.0200. The highest BCUT2D eigenvalue weighted by Gasteiger charge is 2.26. The first kappa shape index (κ1) is 19.0. The standard InChI is InChI=1S/C24H25N3O2/c1-3-29-22-11-10-18(15-17(22)2)16-26-23-20(8-6-13-25-23)24(28)27-14-12-19-7-4-5-9-21(19)27/h4-11,13,15H,3,12,14,16H2,1-2H3,(H,25,26). The third-order valence-electron chi connectivity index (χ3n) is 5.17. The molecule has 1 aliphatic heterocycles. The molecule has 29 heavy (non-hydrogen) atoms. The number of fused-ring (bicyclic) bond motifs is 1. The maximum absolute atomic E-state index is 13.2. The summed E-state index contributed by atoms with van der Waals surface area (Å²) >= 11 is 0. The van der Waals surface area contributed by atoms with Gasteiger partial charge in [0, 0.05) is 25.0 Å². The molecular formula is C24H25N3O2. The lowest BCUT2D eigenvalue weighted by Crippen LogP contribution is -2.29. The second-order valence-electron chi connectivity index (χ2n) is 7.12. The summed E-state index contributed by atoms with van der Waals surface area (Å²) in [6, 6.07) is 17.8. The summed E-state index contributed by atoms with van der Waals surface area (Å²) in [7, 11) is 0. The minimum absolute atomic E-state index is 0.0200. The molecule has 1 amide bonds. The predicted molar refractivity (Wildman–Crippen MR) is 116 cm³/mol. The molecule has 1 aromatic heterocycles. The molecule has 2 aromatic carbocycles. The molecule has 0 atom stereocenters. The fourth-order valence-electron chi connectivity index (χ4n) is 3.74. The van der Waals surface area contributed by atoms with Crippen LogP contribution < -0.4 is 15.0 Å².